The minimum Gasteiger partial charge on any atom is -0.491 e. The molecule has 2 aromatic carbocycles. The monoisotopic (exact) mass is 422 g/mol. The summed E-state index contributed by atoms with van der Waals surface area (Å²) >= 11 is 6.29. The number of hydrogen-bond acceptors (Lipinski definition) is 3. The maximum Gasteiger partial charge on any atom is 0.273 e. The second kappa shape index (κ2) is 8.00. The molecule has 0 aliphatic carbocycles. The molecule has 3 aromatic rings. The van der Waals surface area contributed by atoms with Crippen LogP contribution in [0.1, 0.15) is 25.0 Å². The van der Waals surface area contributed by atoms with Crippen molar-refractivity contribution in [2.75, 3.05) is 6.54 Å². The number of para-hydroxylation sites is 1. The number of hydrogen-bond donors (Lipinski definition) is 0. The fourth-order valence-electron chi connectivity index (χ4n) is 3.83. The molecule has 154 valence electrons. The van der Waals surface area contributed by atoms with E-state index in [1.807, 2.05) is 45.3 Å². The summed E-state index contributed by atoms with van der Waals surface area (Å²) < 4.78 is 7.69. The van der Waals surface area contributed by atoms with E-state index in [2.05, 4.69) is 10.6 Å². The number of amides is 2. The van der Waals surface area contributed by atoms with Crippen LogP contribution >= 0.6 is 11.6 Å². The SMILES string of the molecule is CC(C)Oc1ccc(C2=C(Cl)C(=O)N(CCc3cn(C)c4ccccc34)C2=O)cc1. The molecule has 1 aliphatic rings. The summed E-state index contributed by atoms with van der Waals surface area (Å²) in [5.41, 5.74) is 3.07. The van der Waals surface area contributed by atoms with Gasteiger partial charge in [0.2, 0.25) is 0 Å². The summed E-state index contributed by atoms with van der Waals surface area (Å²) in [5.74, 6) is -0.0998. The molecular formula is C24H23ClN2O3. The Bertz CT molecular complexity index is 1160. The second-order valence-corrected chi connectivity index (χ2v) is 8.05. The van der Waals surface area contributed by atoms with Gasteiger partial charge in [0, 0.05) is 30.7 Å². The zero-order valence-corrected chi connectivity index (χ0v) is 17.9. The van der Waals surface area contributed by atoms with Crippen LogP contribution in [0.4, 0.5) is 0 Å². The Morgan fingerprint density at radius 2 is 1.70 bits per heavy atom. The molecule has 0 saturated heterocycles. The number of carbonyl (C=O) groups excluding carboxylic acids is 2. The second-order valence-electron chi connectivity index (χ2n) is 7.67. The van der Waals surface area contributed by atoms with E-state index in [4.69, 9.17) is 16.3 Å². The van der Waals surface area contributed by atoms with E-state index in [1.165, 1.54) is 4.90 Å². The lowest BCUT2D eigenvalue weighted by Gasteiger charge is -2.15. The highest BCUT2D eigenvalue weighted by Gasteiger charge is 2.37. The van der Waals surface area contributed by atoms with Gasteiger partial charge in [0.25, 0.3) is 11.8 Å². The number of imide groups is 1. The largest absolute Gasteiger partial charge is 0.491 e. The molecule has 2 heterocycles. The first-order valence-electron chi connectivity index (χ1n) is 9.93. The molecule has 0 saturated carbocycles. The number of aromatic nitrogens is 1. The van der Waals surface area contributed by atoms with Gasteiger partial charge in [-0.15, -0.1) is 0 Å². The molecule has 1 aliphatic heterocycles. The molecule has 30 heavy (non-hydrogen) atoms. The zero-order chi connectivity index (χ0) is 21.4. The van der Waals surface area contributed by atoms with Gasteiger partial charge in [-0.25, -0.2) is 0 Å². The van der Waals surface area contributed by atoms with Crippen LogP contribution in [-0.2, 0) is 23.1 Å². The predicted octanol–water partition coefficient (Wildman–Crippen LogP) is 4.53. The molecule has 0 radical (unpaired) electrons. The van der Waals surface area contributed by atoms with Crippen LogP contribution in [0.2, 0.25) is 0 Å². The van der Waals surface area contributed by atoms with E-state index in [-0.39, 0.29) is 29.2 Å². The van der Waals surface area contributed by atoms with Gasteiger partial charge in [-0.1, -0.05) is 41.9 Å². The third kappa shape index (κ3) is 3.61. The highest BCUT2D eigenvalue weighted by Crippen LogP contribution is 2.33. The van der Waals surface area contributed by atoms with Crippen LogP contribution < -0.4 is 4.74 Å². The van der Waals surface area contributed by atoms with Gasteiger partial charge in [-0.2, -0.15) is 0 Å². The maximum atomic E-state index is 13.0. The van der Waals surface area contributed by atoms with E-state index in [0.29, 0.717) is 17.7 Å². The molecule has 1 aromatic heterocycles. The quantitative estimate of drug-likeness (QED) is 0.548. The zero-order valence-electron chi connectivity index (χ0n) is 17.2. The molecule has 6 heteroatoms. The highest BCUT2D eigenvalue weighted by molar-refractivity contribution is 6.55. The van der Waals surface area contributed by atoms with E-state index in [9.17, 15) is 9.59 Å². The van der Waals surface area contributed by atoms with Crippen LogP contribution in [0.5, 0.6) is 5.75 Å². The van der Waals surface area contributed by atoms with Crippen molar-refractivity contribution < 1.29 is 14.3 Å². The number of carbonyl (C=O) groups is 2. The third-order valence-corrected chi connectivity index (χ3v) is 5.56. The summed E-state index contributed by atoms with van der Waals surface area (Å²) in [4.78, 5) is 26.9. The molecule has 0 spiro atoms. The summed E-state index contributed by atoms with van der Waals surface area (Å²) in [5, 5.41) is 1.09. The number of halogens is 1. The van der Waals surface area contributed by atoms with Gasteiger partial charge in [-0.05, 0) is 49.6 Å². The summed E-state index contributed by atoms with van der Waals surface area (Å²) in [6.07, 6.45) is 2.66. The summed E-state index contributed by atoms with van der Waals surface area (Å²) in [7, 11) is 1.99. The van der Waals surface area contributed by atoms with Crippen molar-refractivity contribution in [2.24, 2.45) is 7.05 Å². The molecule has 0 N–H and O–H groups in total. The van der Waals surface area contributed by atoms with E-state index in [0.717, 1.165) is 16.5 Å². The van der Waals surface area contributed by atoms with Crippen LogP contribution in [0.3, 0.4) is 0 Å². The number of benzene rings is 2. The van der Waals surface area contributed by atoms with Crippen LogP contribution in [-0.4, -0.2) is 33.9 Å². The lowest BCUT2D eigenvalue weighted by Crippen LogP contribution is -2.33. The molecule has 0 fully saturated rings. The fourth-order valence-corrected chi connectivity index (χ4v) is 4.12. The first-order chi connectivity index (χ1) is 14.4. The van der Waals surface area contributed by atoms with Crippen molar-refractivity contribution in [2.45, 2.75) is 26.4 Å². The Labute approximate surface area is 180 Å². The van der Waals surface area contributed by atoms with Crippen molar-refractivity contribution in [3.63, 3.8) is 0 Å². The van der Waals surface area contributed by atoms with Crippen LogP contribution in [0, 0.1) is 0 Å². The molecule has 4 rings (SSSR count). The fraction of sp³-hybridized carbons (Fsp3) is 0.250. The van der Waals surface area contributed by atoms with Gasteiger partial charge < -0.3 is 9.30 Å². The number of nitrogens with zero attached hydrogens (tertiary/aromatic N) is 2. The average molecular weight is 423 g/mol. The van der Waals surface area contributed by atoms with Crippen LogP contribution in [0.25, 0.3) is 16.5 Å². The lowest BCUT2D eigenvalue weighted by atomic mass is 10.1. The Kier molecular flexibility index (Phi) is 5.39. The van der Waals surface area contributed by atoms with E-state index >= 15 is 0 Å². The topological polar surface area (TPSA) is 51.5 Å². The normalized spacial score (nSPS) is 14.5. The van der Waals surface area contributed by atoms with Crippen molar-refractivity contribution in [3.05, 3.63) is 70.9 Å². The predicted molar refractivity (Wildman–Crippen MR) is 118 cm³/mol. The number of ether oxygens (including phenoxy) is 1. The van der Waals surface area contributed by atoms with Gasteiger partial charge in [0.1, 0.15) is 10.8 Å². The van der Waals surface area contributed by atoms with Gasteiger partial charge in [0.05, 0.1) is 11.7 Å². The highest BCUT2D eigenvalue weighted by atomic mass is 35.5. The Hall–Kier alpha value is -3.05. The average Bonchev–Trinajstić information content (AvgIpc) is 3.15. The van der Waals surface area contributed by atoms with Crippen molar-refractivity contribution in [3.8, 4) is 5.75 Å². The van der Waals surface area contributed by atoms with Crippen molar-refractivity contribution in [1.29, 1.82) is 0 Å². The number of fused-ring (bicyclic) bond motifs is 1. The minimum absolute atomic E-state index is 0.0320. The standard InChI is InChI=1S/C24H23ClN2O3/c1-15(2)30-18-10-8-16(9-11-18)21-22(25)24(29)27(23(21)28)13-12-17-14-26(3)20-7-5-4-6-19(17)20/h4-11,14-15H,12-13H2,1-3H3. The van der Waals surface area contributed by atoms with E-state index in [1.54, 1.807) is 24.3 Å². The smallest absolute Gasteiger partial charge is 0.273 e. The number of aryl methyl sites for hydroxylation is 1. The third-order valence-electron chi connectivity index (χ3n) is 5.21. The molecule has 0 unspecified atom stereocenters. The van der Waals surface area contributed by atoms with Gasteiger partial charge in [-0.3, -0.25) is 14.5 Å². The molecule has 2 amide bonds. The molecule has 0 atom stereocenters. The Morgan fingerprint density at radius 3 is 2.40 bits per heavy atom. The van der Waals surface area contributed by atoms with Crippen molar-refractivity contribution >= 4 is 39.9 Å². The van der Waals surface area contributed by atoms with Gasteiger partial charge in [0.15, 0.2) is 0 Å². The molecule has 0 bridgehead atoms. The minimum atomic E-state index is -0.445. The summed E-state index contributed by atoms with van der Waals surface area (Å²) in [6.45, 7) is 4.17. The summed E-state index contributed by atoms with van der Waals surface area (Å²) in [6, 6.07) is 15.2. The van der Waals surface area contributed by atoms with E-state index < -0.39 is 5.91 Å². The van der Waals surface area contributed by atoms with Crippen LogP contribution in [0.15, 0.2) is 59.8 Å². The number of rotatable bonds is 6. The van der Waals surface area contributed by atoms with Crippen molar-refractivity contribution in [1.82, 2.24) is 9.47 Å². The maximum absolute atomic E-state index is 13.0. The molecule has 5 nitrogen and oxygen atoms in total. The lowest BCUT2D eigenvalue weighted by molar-refractivity contribution is -0.136. The first kappa shape index (κ1) is 20.2. The Morgan fingerprint density at radius 1 is 1.00 bits per heavy atom. The Balaban J connectivity index is 1.53. The van der Waals surface area contributed by atoms with Gasteiger partial charge >= 0.3 is 0 Å². The first-order valence-corrected chi connectivity index (χ1v) is 10.3. The molecular weight excluding hydrogens is 400 g/mol.